The lowest BCUT2D eigenvalue weighted by molar-refractivity contribution is 0.112. The molecular formula is C10H7BrF2N2O. The van der Waals surface area contributed by atoms with Crippen molar-refractivity contribution in [2.24, 2.45) is 0 Å². The molecule has 0 aliphatic rings. The van der Waals surface area contributed by atoms with Gasteiger partial charge in [0.1, 0.15) is 12.1 Å². The molecule has 0 aliphatic heterocycles. The van der Waals surface area contributed by atoms with Crippen LogP contribution in [0, 0.1) is 0 Å². The van der Waals surface area contributed by atoms with Gasteiger partial charge in [-0.2, -0.15) is 0 Å². The van der Waals surface area contributed by atoms with Crippen molar-refractivity contribution in [3.8, 4) is 0 Å². The molecule has 16 heavy (non-hydrogen) atoms. The van der Waals surface area contributed by atoms with Gasteiger partial charge in [0, 0.05) is 11.1 Å². The Morgan fingerprint density at radius 1 is 1.50 bits per heavy atom. The van der Waals surface area contributed by atoms with E-state index in [-0.39, 0.29) is 16.6 Å². The Balaban J connectivity index is 2.73. The number of rotatable bonds is 3. The Bertz CT molecular complexity index is 539. The Morgan fingerprint density at radius 3 is 2.81 bits per heavy atom. The number of alkyl halides is 3. The number of hydrogen-bond acceptors (Lipinski definition) is 2. The van der Waals surface area contributed by atoms with Crippen LogP contribution >= 0.6 is 15.9 Å². The summed E-state index contributed by atoms with van der Waals surface area (Å²) in [5.41, 5.74) is 0.667. The van der Waals surface area contributed by atoms with Crippen LogP contribution in [0.5, 0.6) is 0 Å². The molecule has 0 spiro atoms. The number of aromatic amines is 1. The predicted octanol–water partition coefficient (Wildman–Crippen LogP) is 3.21. The van der Waals surface area contributed by atoms with Crippen molar-refractivity contribution in [3.63, 3.8) is 0 Å². The number of carbonyl (C=O) groups is 1. The molecule has 0 unspecified atom stereocenters. The van der Waals surface area contributed by atoms with E-state index in [0.717, 1.165) is 0 Å². The summed E-state index contributed by atoms with van der Waals surface area (Å²) in [5, 5.41) is 0.445. The lowest BCUT2D eigenvalue weighted by Gasteiger charge is -2.01. The van der Waals surface area contributed by atoms with Crippen LogP contribution in [0.15, 0.2) is 12.1 Å². The molecule has 0 fully saturated rings. The van der Waals surface area contributed by atoms with Gasteiger partial charge in [-0.15, -0.1) is 0 Å². The van der Waals surface area contributed by atoms with Crippen LogP contribution in [0.1, 0.15) is 28.2 Å². The number of hydrogen-bond donors (Lipinski definition) is 1. The molecule has 0 atom stereocenters. The Labute approximate surface area is 98.0 Å². The van der Waals surface area contributed by atoms with Crippen LogP contribution in [-0.2, 0) is 5.33 Å². The number of aromatic nitrogens is 2. The van der Waals surface area contributed by atoms with Gasteiger partial charge >= 0.3 is 0 Å². The number of halogens is 3. The molecule has 0 bridgehead atoms. The minimum Gasteiger partial charge on any atom is -0.341 e. The molecule has 0 amide bonds. The van der Waals surface area contributed by atoms with Crippen LogP contribution in [0.4, 0.5) is 8.78 Å². The van der Waals surface area contributed by atoms with E-state index in [4.69, 9.17) is 0 Å². The maximum Gasteiger partial charge on any atom is 0.266 e. The predicted molar refractivity (Wildman–Crippen MR) is 59.1 cm³/mol. The summed E-state index contributed by atoms with van der Waals surface area (Å²) in [5.74, 6) is 0.556. The van der Waals surface area contributed by atoms with Crippen LogP contribution in [0.3, 0.4) is 0 Å². The van der Waals surface area contributed by atoms with Crippen LogP contribution in [0.2, 0.25) is 0 Å². The highest BCUT2D eigenvalue weighted by Crippen LogP contribution is 2.27. The van der Waals surface area contributed by atoms with Crippen LogP contribution in [-0.4, -0.2) is 16.3 Å². The first-order chi connectivity index (χ1) is 7.65. The molecule has 1 N–H and O–H groups in total. The maximum atomic E-state index is 12.7. The minimum absolute atomic E-state index is 0.215. The second-order valence-corrected chi connectivity index (χ2v) is 3.80. The van der Waals surface area contributed by atoms with Gasteiger partial charge in [-0.3, -0.25) is 4.79 Å². The highest BCUT2D eigenvalue weighted by molar-refractivity contribution is 9.08. The number of benzene rings is 1. The molecular weight excluding hydrogens is 282 g/mol. The topological polar surface area (TPSA) is 45.8 Å². The lowest BCUT2D eigenvalue weighted by Crippen LogP contribution is -1.90. The number of nitrogens with zero attached hydrogens (tertiary/aromatic N) is 1. The fraction of sp³-hybridized carbons (Fsp3) is 0.200. The Hall–Kier alpha value is -1.30. The normalized spacial score (nSPS) is 11.2. The SMILES string of the molecule is O=Cc1cc(C(F)F)c2nc(CBr)[nH]c2c1. The smallest absolute Gasteiger partial charge is 0.266 e. The first-order valence-corrected chi connectivity index (χ1v) is 5.59. The molecule has 3 nitrogen and oxygen atoms in total. The van der Waals surface area contributed by atoms with Gasteiger partial charge in [0.05, 0.1) is 16.4 Å². The van der Waals surface area contributed by atoms with Gasteiger partial charge in [-0.25, -0.2) is 13.8 Å². The molecule has 1 aromatic heterocycles. The van der Waals surface area contributed by atoms with Crippen molar-refractivity contribution in [1.82, 2.24) is 9.97 Å². The summed E-state index contributed by atoms with van der Waals surface area (Å²) >= 11 is 3.18. The zero-order chi connectivity index (χ0) is 11.7. The summed E-state index contributed by atoms with van der Waals surface area (Å²) in [6.07, 6.45) is -2.10. The largest absolute Gasteiger partial charge is 0.341 e. The van der Waals surface area contributed by atoms with Crippen molar-refractivity contribution >= 4 is 33.2 Å². The monoisotopic (exact) mass is 288 g/mol. The number of imidazole rings is 1. The van der Waals surface area contributed by atoms with Crippen LogP contribution in [0.25, 0.3) is 11.0 Å². The van der Waals surface area contributed by atoms with E-state index in [1.54, 1.807) is 0 Å². The average molecular weight is 289 g/mol. The Kier molecular flexibility index (Phi) is 3.00. The number of nitrogens with one attached hydrogen (secondary N) is 1. The van der Waals surface area contributed by atoms with E-state index in [2.05, 4.69) is 25.9 Å². The van der Waals surface area contributed by atoms with E-state index < -0.39 is 6.43 Å². The number of aldehydes is 1. The third-order valence-corrected chi connectivity index (χ3v) is 2.72. The molecule has 0 saturated carbocycles. The summed E-state index contributed by atoms with van der Waals surface area (Å²) in [6, 6.07) is 2.67. The van der Waals surface area contributed by atoms with E-state index in [1.165, 1.54) is 12.1 Å². The molecule has 1 heterocycles. The average Bonchev–Trinajstić information content (AvgIpc) is 2.69. The summed E-state index contributed by atoms with van der Waals surface area (Å²) in [7, 11) is 0. The molecule has 0 aliphatic carbocycles. The number of fused-ring (bicyclic) bond motifs is 1. The molecule has 0 saturated heterocycles. The molecule has 1 aromatic carbocycles. The molecule has 84 valence electrons. The number of H-pyrrole nitrogens is 1. The van der Waals surface area contributed by atoms with Gasteiger partial charge in [-0.1, -0.05) is 15.9 Å². The number of carbonyl (C=O) groups excluding carboxylic acids is 1. The van der Waals surface area contributed by atoms with E-state index in [1.807, 2.05) is 0 Å². The van der Waals surface area contributed by atoms with E-state index in [0.29, 0.717) is 23.0 Å². The molecule has 2 rings (SSSR count). The molecule has 6 heteroatoms. The first-order valence-electron chi connectivity index (χ1n) is 4.47. The van der Waals surface area contributed by atoms with Crippen molar-refractivity contribution in [1.29, 1.82) is 0 Å². The highest BCUT2D eigenvalue weighted by Gasteiger charge is 2.16. The zero-order valence-electron chi connectivity index (χ0n) is 8.01. The molecule has 2 aromatic rings. The zero-order valence-corrected chi connectivity index (χ0v) is 9.59. The van der Waals surface area contributed by atoms with Gasteiger partial charge in [0.25, 0.3) is 6.43 Å². The first kappa shape index (κ1) is 11.2. The maximum absolute atomic E-state index is 12.7. The van der Waals surface area contributed by atoms with Gasteiger partial charge in [0.15, 0.2) is 0 Å². The molecule has 0 radical (unpaired) electrons. The van der Waals surface area contributed by atoms with Crippen molar-refractivity contribution < 1.29 is 13.6 Å². The van der Waals surface area contributed by atoms with E-state index >= 15 is 0 Å². The van der Waals surface area contributed by atoms with E-state index in [9.17, 15) is 13.6 Å². The van der Waals surface area contributed by atoms with Crippen molar-refractivity contribution in [2.45, 2.75) is 11.8 Å². The highest BCUT2D eigenvalue weighted by atomic mass is 79.9. The summed E-state index contributed by atoms with van der Waals surface area (Å²) in [4.78, 5) is 17.5. The lowest BCUT2D eigenvalue weighted by atomic mass is 10.1. The standard InChI is InChI=1S/C10H7BrF2N2O/c11-3-8-14-7-2-5(4-16)1-6(10(12)13)9(7)15-8/h1-2,4,10H,3H2,(H,14,15). The van der Waals surface area contributed by atoms with Gasteiger partial charge in [-0.05, 0) is 12.1 Å². The van der Waals surface area contributed by atoms with Gasteiger partial charge < -0.3 is 4.98 Å². The minimum atomic E-state index is -2.64. The fourth-order valence-corrected chi connectivity index (χ4v) is 1.78. The Morgan fingerprint density at radius 2 is 2.25 bits per heavy atom. The second kappa shape index (κ2) is 4.29. The van der Waals surface area contributed by atoms with Gasteiger partial charge in [0.2, 0.25) is 0 Å². The fourth-order valence-electron chi connectivity index (χ4n) is 1.52. The quantitative estimate of drug-likeness (QED) is 0.696. The van der Waals surface area contributed by atoms with Crippen LogP contribution < -0.4 is 0 Å². The third-order valence-electron chi connectivity index (χ3n) is 2.19. The third kappa shape index (κ3) is 1.84. The summed E-state index contributed by atoms with van der Waals surface area (Å²) < 4.78 is 25.5. The van der Waals surface area contributed by atoms with Crippen molar-refractivity contribution in [2.75, 3.05) is 0 Å². The summed E-state index contributed by atoms with van der Waals surface area (Å²) in [6.45, 7) is 0. The second-order valence-electron chi connectivity index (χ2n) is 3.24. The van der Waals surface area contributed by atoms with Crippen molar-refractivity contribution in [3.05, 3.63) is 29.1 Å².